The third kappa shape index (κ3) is 6.36. The van der Waals surface area contributed by atoms with Crippen LogP contribution in [0.25, 0.3) is 0 Å². The Morgan fingerprint density at radius 2 is 1.67 bits per heavy atom. The van der Waals surface area contributed by atoms with Gasteiger partial charge in [0.2, 0.25) is 0 Å². The van der Waals surface area contributed by atoms with E-state index in [1.165, 1.54) is 0 Å². The zero-order valence-electron chi connectivity index (χ0n) is 18.4. The van der Waals surface area contributed by atoms with E-state index in [1.807, 2.05) is 14.1 Å². The smallest absolute Gasteiger partial charge is 0.395 e. The first-order valence-corrected chi connectivity index (χ1v) is 10.9. The van der Waals surface area contributed by atoms with Crippen LogP contribution in [0.2, 0.25) is 5.02 Å². The summed E-state index contributed by atoms with van der Waals surface area (Å²) in [6, 6.07) is 13.3. The lowest BCUT2D eigenvalue weighted by atomic mass is 10.0. The predicted molar refractivity (Wildman–Crippen MR) is 125 cm³/mol. The molecule has 176 valence electrons. The Hall–Kier alpha value is -2.84. The van der Waals surface area contributed by atoms with Crippen LogP contribution in [0, 0.1) is 0 Å². The van der Waals surface area contributed by atoms with Crippen LogP contribution < -0.4 is 5.73 Å². The molecule has 0 saturated carbocycles. The minimum Gasteiger partial charge on any atom is -0.395 e. The fourth-order valence-electron chi connectivity index (χ4n) is 3.63. The number of amides is 1. The molecule has 33 heavy (non-hydrogen) atoms. The summed E-state index contributed by atoms with van der Waals surface area (Å²) in [5, 5.41) is 0.293. The molecule has 1 saturated heterocycles. The van der Waals surface area contributed by atoms with E-state index >= 15 is 0 Å². The summed E-state index contributed by atoms with van der Waals surface area (Å²) in [6.07, 6.45) is -2.14. The van der Waals surface area contributed by atoms with Crippen LogP contribution in [-0.2, 0) is 0 Å². The van der Waals surface area contributed by atoms with Crippen molar-refractivity contribution >= 4 is 28.9 Å². The van der Waals surface area contributed by atoms with Crippen LogP contribution >= 0.6 is 11.6 Å². The van der Waals surface area contributed by atoms with Gasteiger partial charge in [0.1, 0.15) is 5.70 Å². The summed E-state index contributed by atoms with van der Waals surface area (Å²) in [7, 11) is 4.06. The summed E-state index contributed by atoms with van der Waals surface area (Å²) < 4.78 is 39.2. The van der Waals surface area contributed by atoms with Gasteiger partial charge in [0.05, 0.1) is 16.4 Å². The number of benzene rings is 2. The standard InChI is InChI=1S/C24H26ClF3N4O/c1-31(2)18-11-13-32(14-12-18)23(33)17-9-7-16(8-10-17)21(15-22(29)24(26,27)28)30-20-6-4-3-5-19(20)25/h3-10,15,18H,11-14,29H2,1-2H3/b22-15-,30-21?. The quantitative estimate of drug-likeness (QED) is 0.613. The molecule has 2 aromatic rings. The Kier molecular flexibility index (Phi) is 7.81. The van der Waals surface area contributed by atoms with Gasteiger partial charge in [-0.15, -0.1) is 0 Å². The van der Waals surface area contributed by atoms with Crippen molar-refractivity contribution in [3.8, 4) is 0 Å². The average Bonchev–Trinajstić information content (AvgIpc) is 2.79. The fraction of sp³-hybridized carbons (Fsp3) is 0.333. The van der Waals surface area contributed by atoms with Crippen LogP contribution in [0.3, 0.4) is 0 Å². The van der Waals surface area contributed by atoms with E-state index < -0.39 is 11.9 Å². The highest BCUT2D eigenvalue weighted by Gasteiger charge is 2.32. The SMILES string of the molecule is CN(C)C1CCN(C(=O)c2ccc(C(/C=C(\N)C(F)(F)F)=Nc3ccccc3Cl)cc2)CC1. The Bertz CT molecular complexity index is 1040. The molecule has 2 N–H and O–H groups in total. The topological polar surface area (TPSA) is 61.9 Å². The van der Waals surface area contributed by atoms with Gasteiger partial charge in [0, 0.05) is 30.3 Å². The van der Waals surface area contributed by atoms with Gasteiger partial charge in [-0.1, -0.05) is 35.9 Å². The number of hydrogen-bond donors (Lipinski definition) is 1. The van der Waals surface area contributed by atoms with Gasteiger partial charge in [-0.2, -0.15) is 13.2 Å². The third-order valence-electron chi connectivity index (χ3n) is 5.62. The van der Waals surface area contributed by atoms with Crippen LogP contribution in [0.1, 0.15) is 28.8 Å². The van der Waals surface area contributed by atoms with Gasteiger partial charge in [0.15, 0.2) is 0 Å². The van der Waals surface area contributed by atoms with Crippen molar-refractivity contribution in [3.63, 3.8) is 0 Å². The molecular formula is C24H26ClF3N4O. The first kappa shape index (κ1) is 24.8. The zero-order valence-corrected chi connectivity index (χ0v) is 19.2. The molecule has 0 unspecified atom stereocenters. The first-order chi connectivity index (χ1) is 15.6. The number of nitrogens with zero attached hydrogens (tertiary/aromatic N) is 3. The number of nitrogens with two attached hydrogens (primary N) is 1. The van der Waals surface area contributed by atoms with Crippen LogP contribution in [0.15, 0.2) is 65.3 Å². The maximum absolute atomic E-state index is 13.1. The second-order valence-electron chi connectivity index (χ2n) is 8.11. The number of piperidine rings is 1. The molecule has 9 heteroatoms. The van der Waals surface area contributed by atoms with E-state index in [0.717, 1.165) is 18.9 Å². The first-order valence-electron chi connectivity index (χ1n) is 10.5. The Balaban J connectivity index is 1.87. The van der Waals surface area contributed by atoms with E-state index in [4.69, 9.17) is 17.3 Å². The van der Waals surface area contributed by atoms with Gasteiger partial charge >= 0.3 is 6.18 Å². The number of halogens is 4. The number of alkyl halides is 3. The van der Waals surface area contributed by atoms with Crippen LogP contribution in [0.4, 0.5) is 18.9 Å². The van der Waals surface area contributed by atoms with E-state index in [9.17, 15) is 18.0 Å². The number of carbonyl (C=O) groups excluding carboxylic acids is 1. The summed E-state index contributed by atoms with van der Waals surface area (Å²) in [5.41, 5.74) is 5.11. The molecule has 1 fully saturated rings. The predicted octanol–water partition coefficient (Wildman–Crippen LogP) is 5.03. The number of rotatable bonds is 5. The van der Waals surface area contributed by atoms with E-state index in [-0.39, 0.29) is 11.6 Å². The van der Waals surface area contributed by atoms with E-state index in [1.54, 1.807) is 53.4 Å². The summed E-state index contributed by atoms with van der Waals surface area (Å²) in [6.45, 7) is 1.32. The third-order valence-corrected chi connectivity index (χ3v) is 5.94. The van der Waals surface area contributed by atoms with Crippen molar-refractivity contribution < 1.29 is 18.0 Å². The van der Waals surface area contributed by atoms with Gasteiger partial charge in [-0.05, 0) is 57.3 Å². The highest BCUT2D eigenvalue weighted by atomic mass is 35.5. The summed E-state index contributed by atoms with van der Waals surface area (Å²) >= 11 is 6.13. The molecule has 1 amide bonds. The van der Waals surface area contributed by atoms with Gasteiger partial charge in [-0.3, -0.25) is 4.79 Å². The van der Waals surface area contributed by atoms with Gasteiger partial charge < -0.3 is 15.5 Å². The van der Waals surface area contributed by atoms with E-state index in [2.05, 4.69) is 9.89 Å². The second-order valence-corrected chi connectivity index (χ2v) is 8.52. The number of hydrogen-bond acceptors (Lipinski definition) is 4. The van der Waals surface area contributed by atoms with E-state index in [0.29, 0.717) is 41.0 Å². The van der Waals surface area contributed by atoms with Crippen molar-refractivity contribution in [2.75, 3.05) is 27.2 Å². The Morgan fingerprint density at radius 3 is 2.21 bits per heavy atom. The number of carbonyl (C=O) groups is 1. The van der Waals surface area contributed by atoms with Crippen molar-refractivity contribution in [2.24, 2.45) is 10.7 Å². The summed E-state index contributed by atoms with van der Waals surface area (Å²) in [4.78, 5) is 21.1. The molecule has 2 aromatic carbocycles. The molecule has 0 radical (unpaired) electrons. The van der Waals surface area contributed by atoms with Crippen molar-refractivity contribution in [1.29, 1.82) is 0 Å². The molecule has 0 aromatic heterocycles. The highest BCUT2D eigenvalue weighted by Crippen LogP contribution is 2.27. The number of aliphatic imine (C=N–C) groups is 1. The Morgan fingerprint density at radius 1 is 1.09 bits per heavy atom. The Labute approximate surface area is 196 Å². The molecule has 5 nitrogen and oxygen atoms in total. The van der Waals surface area contributed by atoms with Gasteiger partial charge in [0.25, 0.3) is 5.91 Å². The summed E-state index contributed by atoms with van der Waals surface area (Å²) in [5.74, 6) is -0.103. The zero-order chi connectivity index (χ0) is 24.2. The lowest BCUT2D eigenvalue weighted by Crippen LogP contribution is -2.44. The van der Waals surface area contributed by atoms with Crippen molar-refractivity contribution in [2.45, 2.75) is 25.1 Å². The normalized spacial score (nSPS) is 16.4. The largest absolute Gasteiger partial charge is 0.430 e. The van der Waals surface area contributed by atoms with Crippen LogP contribution in [0.5, 0.6) is 0 Å². The molecule has 0 aliphatic carbocycles. The average molecular weight is 479 g/mol. The minimum atomic E-state index is -4.70. The minimum absolute atomic E-state index is 0.0104. The maximum atomic E-state index is 13.1. The van der Waals surface area contributed by atoms with Gasteiger partial charge in [-0.25, -0.2) is 4.99 Å². The molecule has 1 heterocycles. The monoisotopic (exact) mass is 478 g/mol. The molecule has 0 bridgehead atoms. The second kappa shape index (κ2) is 10.4. The molecule has 1 aliphatic heterocycles. The number of para-hydroxylation sites is 1. The fourth-order valence-corrected chi connectivity index (χ4v) is 3.81. The van der Waals surface area contributed by atoms with Crippen LogP contribution in [-0.4, -0.2) is 60.8 Å². The highest BCUT2D eigenvalue weighted by molar-refractivity contribution is 6.33. The number of likely N-dealkylation sites (tertiary alicyclic amines) is 1. The molecule has 0 spiro atoms. The van der Waals surface area contributed by atoms with Crippen molar-refractivity contribution in [3.05, 3.63) is 76.5 Å². The lowest BCUT2D eigenvalue weighted by Gasteiger charge is -2.35. The number of allylic oxidation sites excluding steroid dienone is 2. The molecule has 0 atom stereocenters. The molecule has 1 aliphatic rings. The lowest BCUT2D eigenvalue weighted by molar-refractivity contribution is -0.0925. The molecule has 3 rings (SSSR count). The van der Waals surface area contributed by atoms with Crippen molar-refractivity contribution in [1.82, 2.24) is 9.80 Å². The molecular weight excluding hydrogens is 453 g/mol. The maximum Gasteiger partial charge on any atom is 0.430 e.